The molecule has 1 aromatic rings. The van der Waals surface area contributed by atoms with Crippen LogP contribution in [-0.4, -0.2) is 18.0 Å². The van der Waals surface area contributed by atoms with Crippen LogP contribution in [0.15, 0.2) is 24.3 Å². The summed E-state index contributed by atoms with van der Waals surface area (Å²) in [6, 6.07) is 5.52. The number of rotatable bonds is 4. The van der Waals surface area contributed by atoms with Crippen LogP contribution in [-0.2, 0) is 4.79 Å². The van der Waals surface area contributed by atoms with Crippen molar-refractivity contribution in [2.24, 2.45) is 0 Å². The first-order valence-electron chi connectivity index (χ1n) is 4.87. The predicted octanol–water partition coefficient (Wildman–Crippen LogP) is 2.57. The summed E-state index contributed by atoms with van der Waals surface area (Å²) in [5.41, 5.74) is 7.44. The van der Waals surface area contributed by atoms with E-state index in [0.29, 0.717) is 11.4 Å². The zero-order chi connectivity index (χ0) is 12.0. The van der Waals surface area contributed by atoms with Gasteiger partial charge in [0.1, 0.15) is 5.75 Å². The van der Waals surface area contributed by atoms with Crippen LogP contribution < -0.4 is 10.5 Å². The number of ether oxygens (including phenoxy) is 1. The Bertz CT molecular complexity index is 402. The minimum Gasteiger partial charge on any atom is -0.497 e. The lowest BCUT2D eigenvalue weighted by Gasteiger charge is -2.03. The molecule has 0 aliphatic heterocycles. The Morgan fingerprint density at radius 2 is 2.31 bits per heavy atom. The zero-order valence-electron chi connectivity index (χ0n) is 9.40. The molecule has 0 bridgehead atoms. The summed E-state index contributed by atoms with van der Waals surface area (Å²) in [7, 11) is 1.60. The van der Waals surface area contributed by atoms with Crippen molar-refractivity contribution < 1.29 is 9.53 Å². The first-order valence-corrected chi connectivity index (χ1v) is 5.85. The van der Waals surface area contributed by atoms with Gasteiger partial charge in [0.2, 0.25) is 0 Å². The lowest BCUT2D eigenvalue weighted by molar-refractivity contribution is -0.109. The van der Waals surface area contributed by atoms with Gasteiger partial charge < -0.3 is 10.5 Å². The maximum atomic E-state index is 10.7. The van der Waals surface area contributed by atoms with Crippen molar-refractivity contribution in [1.82, 2.24) is 0 Å². The minimum atomic E-state index is 0.118. The highest BCUT2D eigenvalue weighted by atomic mass is 32.2. The molecule has 0 fully saturated rings. The van der Waals surface area contributed by atoms with Crippen molar-refractivity contribution >= 4 is 28.6 Å². The van der Waals surface area contributed by atoms with Gasteiger partial charge in [0, 0.05) is 24.4 Å². The Hall–Kier alpha value is -1.42. The Morgan fingerprint density at radius 3 is 2.88 bits per heavy atom. The summed E-state index contributed by atoms with van der Waals surface area (Å²) in [6.07, 6.45) is 3.83. The molecule has 0 aliphatic carbocycles. The third kappa shape index (κ3) is 3.98. The number of nitrogens with two attached hydrogens (primary N) is 1. The Kier molecular flexibility index (Phi) is 4.92. The molecule has 1 aromatic carbocycles. The number of hydrogen-bond acceptors (Lipinski definition) is 4. The maximum absolute atomic E-state index is 10.7. The molecule has 0 amide bonds. The van der Waals surface area contributed by atoms with Gasteiger partial charge in [-0.3, -0.25) is 4.79 Å². The first kappa shape index (κ1) is 12.6. The van der Waals surface area contributed by atoms with Crippen molar-refractivity contribution in [1.29, 1.82) is 0 Å². The monoisotopic (exact) mass is 237 g/mol. The Morgan fingerprint density at radius 1 is 1.56 bits per heavy atom. The van der Waals surface area contributed by atoms with E-state index >= 15 is 0 Å². The predicted molar refractivity (Wildman–Crippen MR) is 69.6 cm³/mol. The van der Waals surface area contributed by atoms with Crippen molar-refractivity contribution in [3.63, 3.8) is 0 Å². The number of methoxy groups -OCH3 is 1. The molecule has 0 heterocycles. The average Bonchev–Trinajstić information content (AvgIpc) is 2.25. The van der Waals surface area contributed by atoms with E-state index in [1.165, 1.54) is 11.8 Å². The fourth-order valence-corrected chi connectivity index (χ4v) is 1.60. The van der Waals surface area contributed by atoms with Gasteiger partial charge in [-0.15, -0.1) is 0 Å². The van der Waals surface area contributed by atoms with Crippen LogP contribution in [0.1, 0.15) is 12.5 Å². The van der Waals surface area contributed by atoms with Crippen molar-refractivity contribution in [2.45, 2.75) is 6.92 Å². The molecule has 4 heteroatoms. The van der Waals surface area contributed by atoms with E-state index in [9.17, 15) is 4.79 Å². The van der Waals surface area contributed by atoms with Crippen LogP contribution >= 0.6 is 11.8 Å². The molecule has 0 atom stereocenters. The Balaban J connectivity index is 2.63. The highest BCUT2D eigenvalue weighted by molar-refractivity contribution is 8.13. The highest BCUT2D eigenvalue weighted by Crippen LogP contribution is 2.20. The molecule has 0 spiro atoms. The fourth-order valence-electron chi connectivity index (χ4n) is 1.17. The molecule has 1 rings (SSSR count). The van der Waals surface area contributed by atoms with E-state index < -0.39 is 0 Å². The second-order valence-corrected chi connectivity index (χ2v) is 4.40. The molecule has 0 saturated carbocycles. The fraction of sp³-hybridized carbons (Fsp3) is 0.250. The first-order chi connectivity index (χ1) is 7.63. The van der Waals surface area contributed by atoms with Gasteiger partial charge in [-0.05, 0) is 17.7 Å². The molecule has 0 aromatic heterocycles. The summed E-state index contributed by atoms with van der Waals surface area (Å²) in [4.78, 5) is 10.7. The lowest BCUT2D eigenvalue weighted by Crippen LogP contribution is -1.91. The van der Waals surface area contributed by atoms with Crippen LogP contribution in [0.25, 0.3) is 6.08 Å². The number of anilines is 1. The van der Waals surface area contributed by atoms with E-state index in [1.54, 1.807) is 20.1 Å². The summed E-state index contributed by atoms with van der Waals surface area (Å²) < 4.78 is 5.05. The van der Waals surface area contributed by atoms with Crippen LogP contribution in [0.4, 0.5) is 5.69 Å². The van der Waals surface area contributed by atoms with Gasteiger partial charge in [-0.1, -0.05) is 23.9 Å². The largest absolute Gasteiger partial charge is 0.497 e. The second kappa shape index (κ2) is 6.23. The molecule has 16 heavy (non-hydrogen) atoms. The summed E-state index contributed by atoms with van der Waals surface area (Å²) in [5, 5.41) is 0.118. The molecule has 0 saturated heterocycles. The smallest absolute Gasteiger partial charge is 0.186 e. The molecule has 0 aliphatic rings. The molecular formula is C12H15NO2S. The summed E-state index contributed by atoms with van der Waals surface area (Å²) in [5.74, 6) is 1.41. The van der Waals surface area contributed by atoms with Crippen LogP contribution in [0, 0.1) is 0 Å². The number of nitrogen functional groups attached to an aromatic ring is 1. The lowest BCUT2D eigenvalue weighted by atomic mass is 10.1. The van der Waals surface area contributed by atoms with Crippen LogP contribution in [0.5, 0.6) is 5.75 Å². The van der Waals surface area contributed by atoms with Gasteiger partial charge in [0.15, 0.2) is 5.12 Å². The van der Waals surface area contributed by atoms with E-state index in [1.807, 2.05) is 24.3 Å². The molecule has 2 N–H and O–H groups in total. The number of carbonyl (C=O) groups excluding carboxylic acids is 1. The molecule has 3 nitrogen and oxygen atoms in total. The van der Waals surface area contributed by atoms with Gasteiger partial charge in [0.05, 0.1) is 7.11 Å². The molecule has 86 valence electrons. The van der Waals surface area contributed by atoms with E-state index in [-0.39, 0.29) is 5.12 Å². The van der Waals surface area contributed by atoms with Gasteiger partial charge in [-0.25, -0.2) is 0 Å². The van der Waals surface area contributed by atoms with Gasteiger partial charge >= 0.3 is 0 Å². The number of hydrogen-bond donors (Lipinski definition) is 1. The number of thioether (sulfide) groups is 1. The van der Waals surface area contributed by atoms with Gasteiger partial charge in [0.25, 0.3) is 0 Å². The van der Waals surface area contributed by atoms with Crippen LogP contribution in [0.2, 0.25) is 0 Å². The number of carbonyl (C=O) groups is 1. The van der Waals surface area contributed by atoms with Crippen molar-refractivity contribution in [3.05, 3.63) is 29.8 Å². The Labute approximate surface area is 99.7 Å². The third-order valence-electron chi connectivity index (χ3n) is 1.97. The van der Waals surface area contributed by atoms with E-state index in [2.05, 4.69) is 0 Å². The number of benzene rings is 1. The standard InChI is InChI=1S/C12H15NO2S/c1-9(14)16-7-3-4-10-5-6-11(15-2)8-12(10)13/h3-6,8H,7,13H2,1-2H3. The molecule has 0 radical (unpaired) electrons. The summed E-state index contributed by atoms with van der Waals surface area (Å²) >= 11 is 1.27. The van der Waals surface area contributed by atoms with Crippen molar-refractivity contribution in [3.8, 4) is 5.75 Å². The van der Waals surface area contributed by atoms with E-state index in [4.69, 9.17) is 10.5 Å². The van der Waals surface area contributed by atoms with Crippen molar-refractivity contribution in [2.75, 3.05) is 18.6 Å². The summed E-state index contributed by atoms with van der Waals surface area (Å²) in [6.45, 7) is 1.56. The molecule has 0 unspecified atom stereocenters. The normalized spacial score (nSPS) is 10.6. The van der Waals surface area contributed by atoms with E-state index in [0.717, 1.165) is 11.3 Å². The van der Waals surface area contributed by atoms with Gasteiger partial charge in [-0.2, -0.15) is 0 Å². The molecular weight excluding hydrogens is 222 g/mol. The third-order valence-corrected chi connectivity index (χ3v) is 2.74. The minimum absolute atomic E-state index is 0.118. The second-order valence-electron chi connectivity index (χ2n) is 3.20. The average molecular weight is 237 g/mol. The SMILES string of the molecule is COc1ccc(C=CCSC(C)=O)c(N)c1. The van der Waals surface area contributed by atoms with Crippen LogP contribution in [0.3, 0.4) is 0 Å². The zero-order valence-corrected chi connectivity index (χ0v) is 10.2. The maximum Gasteiger partial charge on any atom is 0.186 e. The quantitative estimate of drug-likeness (QED) is 0.818. The topological polar surface area (TPSA) is 52.3 Å². The highest BCUT2D eigenvalue weighted by Gasteiger charge is 1.97.